The maximum atomic E-state index is 12.9. The summed E-state index contributed by atoms with van der Waals surface area (Å²) in [6.45, 7) is 2.37. The van der Waals surface area contributed by atoms with E-state index in [9.17, 15) is 4.79 Å². The van der Waals surface area contributed by atoms with Crippen molar-refractivity contribution in [1.82, 2.24) is 5.32 Å². The molecule has 0 saturated carbocycles. The van der Waals surface area contributed by atoms with Gasteiger partial charge in [-0.15, -0.1) is 0 Å². The number of anilines is 1. The van der Waals surface area contributed by atoms with E-state index in [4.69, 9.17) is 23.7 Å². The Balaban J connectivity index is 1.33. The average molecular weight is 425 g/mol. The predicted octanol–water partition coefficient (Wildman–Crippen LogP) is 2.56. The van der Waals surface area contributed by atoms with Gasteiger partial charge in [-0.3, -0.25) is 10.1 Å². The molecule has 3 aliphatic heterocycles. The summed E-state index contributed by atoms with van der Waals surface area (Å²) in [5.74, 6) is 2.53. The van der Waals surface area contributed by atoms with E-state index < -0.39 is 0 Å². The Morgan fingerprint density at radius 2 is 1.71 bits per heavy atom. The number of aliphatic imine (C=N–C) groups is 1. The highest BCUT2D eigenvalue weighted by Gasteiger charge is 2.19. The Kier molecular flexibility index (Phi) is 5.49. The maximum Gasteiger partial charge on any atom is 0.258 e. The van der Waals surface area contributed by atoms with Crippen LogP contribution in [0.5, 0.6) is 23.0 Å². The van der Waals surface area contributed by atoms with Crippen LogP contribution in [0.1, 0.15) is 23.2 Å². The molecule has 31 heavy (non-hydrogen) atoms. The number of carbonyl (C=O) groups excluding carboxylic acids is 1. The second-order valence-corrected chi connectivity index (χ2v) is 7.33. The van der Waals surface area contributed by atoms with Crippen molar-refractivity contribution in [2.45, 2.75) is 18.9 Å². The maximum absolute atomic E-state index is 12.9. The SMILES string of the molecule is O=C(NC(=NCC1CCCO1)Nc1ccc2c(c1)OCCO2)c1ccc2c(c1)OCO2. The first-order chi connectivity index (χ1) is 15.2. The van der Waals surface area contributed by atoms with Crippen LogP contribution in [0.3, 0.4) is 0 Å². The molecule has 9 nitrogen and oxygen atoms in total. The number of benzene rings is 2. The van der Waals surface area contributed by atoms with Crippen molar-refractivity contribution in [2.75, 3.05) is 38.5 Å². The van der Waals surface area contributed by atoms with Crippen LogP contribution in [0.2, 0.25) is 0 Å². The number of nitrogens with zero attached hydrogens (tertiary/aromatic N) is 1. The molecule has 1 atom stereocenters. The lowest BCUT2D eigenvalue weighted by atomic mass is 10.2. The van der Waals surface area contributed by atoms with Crippen LogP contribution >= 0.6 is 0 Å². The lowest BCUT2D eigenvalue weighted by Gasteiger charge is -2.19. The monoisotopic (exact) mass is 425 g/mol. The summed E-state index contributed by atoms with van der Waals surface area (Å²) in [5.41, 5.74) is 1.17. The number of rotatable bonds is 4. The number of fused-ring (bicyclic) bond motifs is 2. The molecule has 0 spiro atoms. The molecule has 9 heteroatoms. The van der Waals surface area contributed by atoms with Crippen molar-refractivity contribution in [3.63, 3.8) is 0 Å². The molecule has 1 amide bonds. The molecular formula is C22H23N3O6. The van der Waals surface area contributed by atoms with E-state index in [0.717, 1.165) is 25.1 Å². The highest BCUT2D eigenvalue weighted by Crippen LogP contribution is 2.33. The number of guanidine groups is 1. The fourth-order valence-electron chi connectivity index (χ4n) is 3.57. The lowest BCUT2D eigenvalue weighted by Crippen LogP contribution is -2.36. The topological polar surface area (TPSA) is 99.6 Å². The quantitative estimate of drug-likeness (QED) is 0.574. The molecule has 1 fully saturated rings. The van der Waals surface area contributed by atoms with Crippen LogP contribution in [0, 0.1) is 0 Å². The van der Waals surface area contributed by atoms with Gasteiger partial charge in [0.2, 0.25) is 12.8 Å². The van der Waals surface area contributed by atoms with Crippen LogP contribution in [0.4, 0.5) is 5.69 Å². The van der Waals surface area contributed by atoms with E-state index in [1.165, 1.54) is 0 Å². The van der Waals surface area contributed by atoms with Gasteiger partial charge >= 0.3 is 0 Å². The Morgan fingerprint density at radius 1 is 0.935 bits per heavy atom. The summed E-state index contributed by atoms with van der Waals surface area (Å²) >= 11 is 0. The van der Waals surface area contributed by atoms with E-state index in [-0.39, 0.29) is 18.8 Å². The van der Waals surface area contributed by atoms with E-state index in [0.29, 0.717) is 54.3 Å². The molecule has 162 valence electrons. The van der Waals surface area contributed by atoms with Gasteiger partial charge < -0.3 is 29.0 Å². The third-order valence-corrected chi connectivity index (χ3v) is 5.15. The van der Waals surface area contributed by atoms with Gasteiger partial charge in [0.05, 0.1) is 12.6 Å². The van der Waals surface area contributed by atoms with E-state index >= 15 is 0 Å². The average Bonchev–Trinajstić information content (AvgIpc) is 3.48. The van der Waals surface area contributed by atoms with Crippen molar-refractivity contribution in [1.29, 1.82) is 0 Å². The highest BCUT2D eigenvalue weighted by atomic mass is 16.7. The Labute approximate surface area is 179 Å². The van der Waals surface area contributed by atoms with Crippen LogP contribution in [-0.2, 0) is 4.74 Å². The fraction of sp³-hybridized carbons (Fsp3) is 0.364. The first kappa shape index (κ1) is 19.5. The molecule has 1 saturated heterocycles. The molecular weight excluding hydrogens is 402 g/mol. The second-order valence-electron chi connectivity index (χ2n) is 7.33. The van der Waals surface area contributed by atoms with Crippen molar-refractivity contribution >= 4 is 17.6 Å². The van der Waals surface area contributed by atoms with Gasteiger partial charge in [-0.25, -0.2) is 4.99 Å². The van der Waals surface area contributed by atoms with E-state index in [1.807, 2.05) is 18.2 Å². The molecule has 2 aromatic rings. The number of nitrogens with one attached hydrogen (secondary N) is 2. The van der Waals surface area contributed by atoms with Gasteiger partial charge in [0, 0.05) is 23.9 Å². The molecule has 2 aromatic carbocycles. The number of carbonyl (C=O) groups is 1. The zero-order valence-electron chi connectivity index (χ0n) is 16.9. The van der Waals surface area contributed by atoms with Crippen LogP contribution in [0.25, 0.3) is 0 Å². The summed E-state index contributed by atoms with van der Waals surface area (Å²) in [7, 11) is 0. The van der Waals surface area contributed by atoms with E-state index in [1.54, 1.807) is 18.2 Å². The number of hydrogen-bond acceptors (Lipinski definition) is 7. The molecule has 0 bridgehead atoms. The largest absolute Gasteiger partial charge is 0.486 e. The lowest BCUT2D eigenvalue weighted by molar-refractivity contribution is 0.0975. The van der Waals surface area contributed by atoms with Gasteiger partial charge in [-0.1, -0.05) is 0 Å². The van der Waals surface area contributed by atoms with Crippen LogP contribution < -0.4 is 29.6 Å². The number of hydrogen-bond donors (Lipinski definition) is 2. The molecule has 3 aliphatic rings. The number of ether oxygens (including phenoxy) is 5. The first-order valence-corrected chi connectivity index (χ1v) is 10.3. The third kappa shape index (κ3) is 4.51. The Hall–Kier alpha value is -3.46. The Morgan fingerprint density at radius 3 is 2.58 bits per heavy atom. The second kappa shape index (κ2) is 8.73. The van der Waals surface area contributed by atoms with Gasteiger partial charge in [0.25, 0.3) is 5.91 Å². The van der Waals surface area contributed by atoms with Gasteiger partial charge in [-0.2, -0.15) is 0 Å². The summed E-state index contributed by atoms with van der Waals surface area (Å²) < 4.78 is 27.5. The zero-order chi connectivity index (χ0) is 21.0. The normalized spacial score (nSPS) is 19.2. The van der Waals surface area contributed by atoms with Gasteiger partial charge in [-0.05, 0) is 43.2 Å². The summed E-state index contributed by atoms with van der Waals surface area (Å²) in [4.78, 5) is 17.4. The summed E-state index contributed by atoms with van der Waals surface area (Å²) in [5, 5.41) is 6.03. The highest BCUT2D eigenvalue weighted by molar-refractivity contribution is 6.10. The summed E-state index contributed by atoms with van der Waals surface area (Å²) in [6.07, 6.45) is 2.03. The molecule has 0 aliphatic carbocycles. The van der Waals surface area contributed by atoms with Crippen molar-refractivity contribution in [3.05, 3.63) is 42.0 Å². The van der Waals surface area contributed by atoms with Crippen LogP contribution in [0.15, 0.2) is 41.4 Å². The molecule has 0 aromatic heterocycles. The van der Waals surface area contributed by atoms with Gasteiger partial charge in [0.1, 0.15) is 13.2 Å². The molecule has 3 heterocycles. The summed E-state index contributed by atoms with van der Waals surface area (Å²) in [6, 6.07) is 10.6. The minimum Gasteiger partial charge on any atom is -0.486 e. The van der Waals surface area contributed by atoms with Crippen molar-refractivity contribution < 1.29 is 28.5 Å². The van der Waals surface area contributed by atoms with Crippen molar-refractivity contribution in [3.8, 4) is 23.0 Å². The van der Waals surface area contributed by atoms with E-state index in [2.05, 4.69) is 15.6 Å². The minimum absolute atomic E-state index is 0.0551. The number of amides is 1. The van der Waals surface area contributed by atoms with Crippen molar-refractivity contribution in [2.24, 2.45) is 4.99 Å². The molecule has 1 unspecified atom stereocenters. The standard InChI is InChI=1S/C22H23N3O6/c26-21(14-3-5-18-19(10-14)31-13-30-18)25-22(23-12-16-2-1-7-27-16)24-15-4-6-17-20(11-15)29-9-8-28-17/h3-6,10-11,16H,1-2,7-9,12-13H2,(H2,23,24,25,26). The molecule has 2 N–H and O–H groups in total. The molecule has 5 rings (SSSR count). The van der Waals surface area contributed by atoms with Crippen LogP contribution in [-0.4, -0.2) is 51.1 Å². The fourth-order valence-corrected chi connectivity index (χ4v) is 3.57. The minimum atomic E-state index is -0.311. The zero-order valence-corrected chi connectivity index (χ0v) is 16.9. The third-order valence-electron chi connectivity index (χ3n) is 5.15. The van der Waals surface area contributed by atoms with Gasteiger partial charge in [0.15, 0.2) is 23.0 Å². The smallest absolute Gasteiger partial charge is 0.258 e. The predicted molar refractivity (Wildman–Crippen MR) is 112 cm³/mol. The first-order valence-electron chi connectivity index (χ1n) is 10.3. The Bertz CT molecular complexity index is 1000. The molecule has 0 radical (unpaired) electrons.